The standard InChI is InChI=1S/C6H10Cl2/c1-2-3-4-5-6(7)8/h3-4,6H,2,5H2,1H3/b4-3+. The molecule has 48 valence electrons. The van der Waals surface area contributed by atoms with E-state index in [1.54, 1.807) is 0 Å². The fourth-order valence-electron chi connectivity index (χ4n) is 0.366. The van der Waals surface area contributed by atoms with Gasteiger partial charge in [-0.15, -0.1) is 23.2 Å². The number of hydrogen-bond donors (Lipinski definition) is 0. The van der Waals surface area contributed by atoms with Gasteiger partial charge in [0.2, 0.25) is 0 Å². The summed E-state index contributed by atoms with van der Waals surface area (Å²) in [6.45, 7) is 2.08. The van der Waals surface area contributed by atoms with Crippen LogP contribution in [0.4, 0.5) is 0 Å². The van der Waals surface area contributed by atoms with Gasteiger partial charge in [0.15, 0.2) is 0 Å². The van der Waals surface area contributed by atoms with Crippen molar-refractivity contribution in [3.05, 3.63) is 12.2 Å². The summed E-state index contributed by atoms with van der Waals surface area (Å²) in [5.74, 6) is 0. The van der Waals surface area contributed by atoms with Crippen LogP contribution in [0.5, 0.6) is 0 Å². The Morgan fingerprint density at radius 1 is 1.38 bits per heavy atom. The lowest BCUT2D eigenvalue weighted by Gasteiger charge is -1.89. The molecule has 0 spiro atoms. The second-order valence-corrected chi connectivity index (χ2v) is 2.78. The molecule has 0 bridgehead atoms. The molecule has 0 radical (unpaired) electrons. The minimum atomic E-state index is -0.238. The number of rotatable bonds is 3. The summed E-state index contributed by atoms with van der Waals surface area (Å²) in [5.41, 5.74) is 0. The minimum Gasteiger partial charge on any atom is -0.105 e. The quantitative estimate of drug-likeness (QED) is 0.431. The molecule has 0 nitrogen and oxygen atoms in total. The Morgan fingerprint density at radius 2 is 2.00 bits per heavy atom. The molecule has 0 unspecified atom stereocenters. The highest BCUT2D eigenvalue weighted by atomic mass is 35.5. The largest absolute Gasteiger partial charge is 0.111 e. The molecule has 0 aromatic heterocycles. The van der Waals surface area contributed by atoms with E-state index in [0.717, 1.165) is 12.8 Å². The van der Waals surface area contributed by atoms with Gasteiger partial charge in [-0.25, -0.2) is 0 Å². The van der Waals surface area contributed by atoms with E-state index in [1.807, 2.05) is 6.08 Å². The molecule has 8 heavy (non-hydrogen) atoms. The third kappa shape index (κ3) is 6.32. The lowest BCUT2D eigenvalue weighted by atomic mass is 10.3. The number of alkyl halides is 2. The Bertz CT molecular complexity index is 66.9. The smallest absolute Gasteiger partial charge is 0.105 e. The molecule has 0 atom stereocenters. The van der Waals surface area contributed by atoms with Crippen molar-refractivity contribution in [1.82, 2.24) is 0 Å². The molecular weight excluding hydrogens is 143 g/mol. The molecule has 0 N–H and O–H groups in total. The van der Waals surface area contributed by atoms with Crippen LogP contribution in [0.2, 0.25) is 0 Å². The average Bonchev–Trinajstić information content (AvgIpc) is 1.66. The van der Waals surface area contributed by atoms with Crippen LogP contribution in [-0.2, 0) is 0 Å². The second-order valence-electron chi connectivity index (χ2n) is 1.51. The average molecular weight is 153 g/mol. The van der Waals surface area contributed by atoms with E-state index in [0.29, 0.717) is 0 Å². The normalized spacial score (nSPS) is 11.5. The third-order valence-electron chi connectivity index (χ3n) is 0.717. The molecule has 0 heterocycles. The van der Waals surface area contributed by atoms with Gasteiger partial charge in [0, 0.05) is 0 Å². The molecule has 0 aliphatic heterocycles. The van der Waals surface area contributed by atoms with E-state index in [2.05, 4.69) is 13.0 Å². The van der Waals surface area contributed by atoms with Gasteiger partial charge in [-0.05, 0) is 12.8 Å². The third-order valence-corrected chi connectivity index (χ3v) is 1.07. The Balaban J connectivity index is 3.03. The molecule has 0 aromatic carbocycles. The zero-order chi connectivity index (χ0) is 6.41. The van der Waals surface area contributed by atoms with E-state index in [9.17, 15) is 0 Å². The lowest BCUT2D eigenvalue weighted by Crippen LogP contribution is -1.79. The van der Waals surface area contributed by atoms with Crippen molar-refractivity contribution in [3.8, 4) is 0 Å². The Kier molecular flexibility index (Phi) is 5.67. The Morgan fingerprint density at radius 3 is 2.38 bits per heavy atom. The maximum Gasteiger partial charge on any atom is 0.111 e. The molecule has 2 heteroatoms. The van der Waals surface area contributed by atoms with Gasteiger partial charge >= 0.3 is 0 Å². The van der Waals surface area contributed by atoms with Crippen molar-refractivity contribution in [1.29, 1.82) is 0 Å². The minimum absolute atomic E-state index is 0.238. The predicted octanol–water partition coefficient (Wildman–Crippen LogP) is 3.15. The highest BCUT2D eigenvalue weighted by Gasteiger charge is 1.90. The first-order valence-electron chi connectivity index (χ1n) is 2.70. The zero-order valence-electron chi connectivity index (χ0n) is 4.90. The van der Waals surface area contributed by atoms with Crippen LogP contribution >= 0.6 is 23.2 Å². The molecule has 0 saturated carbocycles. The molecule has 0 amide bonds. The summed E-state index contributed by atoms with van der Waals surface area (Å²) >= 11 is 10.9. The van der Waals surface area contributed by atoms with Crippen molar-refractivity contribution >= 4 is 23.2 Å². The van der Waals surface area contributed by atoms with Crippen LogP contribution in [-0.4, -0.2) is 4.84 Å². The maximum atomic E-state index is 5.43. The summed E-state index contributed by atoms with van der Waals surface area (Å²) in [5, 5.41) is 0. The highest BCUT2D eigenvalue weighted by Crippen LogP contribution is 2.06. The van der Waals surface area contributed by atoms with Crippen molar-refractivity contribution in [2.24, 2.45) is 0 Å². The van der Waals surface area contributed by atoms with Gasteiger partial charge in [0.1, 0.15) is 4.84 Å². The summed E-state index contributed by atoms with van der Waals surface area (Å²) in [4.78, 5) is -0.238. The van der Waals surface area contributed by atoms with Gasteiger partial charge in [0.05, 0.1) is 0 Å². The van der Waals surface area contributed by atoms with E-state index < -0.39 is 0 Å². The first kappa shape index (κ1) is 8.32. The number of hydrogen-bond acceptors (Lipinski definition) is 0. The van der Waals surface area contributed by atoms with Crippen molar-refractivity contribution in [2.45, 2.75) is 24.6 Å². The zero-order valence-corrected chi connectivity index (χ0v) is 6.41. The Labute approximate surface area is 60.5 Å². The molecule has 0 aliphatic carbocycles. The molecular formula is C6H10Cl2. The molecule has 0 rings (SSSR count). The molecule has 0 aromatic rings. The Hall–Kier alpha value is 0.320. The van der Waals surface area contributed by atoms with Gasteiger partial charge < -0.3 is 0 Å². The fourth-order valence-corrected chi connectivity index (χ4v) is 0.571. The van der Waals surface area contributed by atoms with Crippen molar-refractivity contribution in [2.75, 3.05) is 0 Å². The van der Waals surface area contributed by atoms with Crippen LogP contribution in [0.3, 0.4) is 0 Å². The molecule has 0 aliphatic rings. The van der Waals surface area contributed by atoms with Crippen LogP contribution in [0.1, 0.15) is 19.8 Å². The lowest BCUT2D eigenvalue weighted by molar-refractivity contribution is 1.12. The van der Waals surface area contributed by atoms with E-state index in [1.165, 1.54) is 0 Å². The highest BCUT2D eigenvalue weighted by molar-refractivity contribution is 6.44. The van der Waals surface area contributed by atoms with E-state index >= 15 is 0 Å². The summed E-state index contributed by atoms with van der Waals surface area (Å²) < 4.78 is 0. The van der Waals surface area contributed by atoms with Crippen molar-refractivity contribution in [3.63, 3.8) is 0 Å². The predicted molar refractivity (Wildman–Crippen MR) is 39.5 cm³/mol. The first-order valence-corrected chi connectivity index (χ1v) is 3.57. The fraction of sp³-hybridized carbons (Fsp3) is 0.667. The summed E-state index contributed by atoms with van der Waals surface area (Å²) in [6, 6.07) is 0. The van der Waals surface area contributed by atoms with Gasteiger partial charge in [-0.2, -0.15) is 0 Å². The first-order chi connectivity index (χ1) is 3.77. The van der Waals surface area contributed by atoms with Gasteiger partial charge in [0.25, 0.3) is 0 Å². The summed E-state index contributed by atoms with van der Waals surface area (Å²) in [7, 11) is 0. The summed E-state index contributed by atoms with van der Waals surface area (Å²) in [6.07, 6.45) is 5.86. The van der Waals surface area contributed by atoms with Crippen LogP contribution in [0.25, 0.3) is 0 Å². The van der Waals surface area contributed by atoms with Crippen LogP contribution < -0.4 is 0 Å². The second kappa shape index (κ2) is 5.46. The topological polar surface area (TPSA) is 0 Å². The molecule has 0 fully saturated rings. The SMILES string of the molecule is CC/C=C/CC(Cl)Cl. The van der Waals surface area contributed by atoms with Gasteiger partial charge in [-0.3, -0.25) is 0 Å². The maximum absolute atomic E-state index is 5.43. The monoisotopic (exact) mass is 152 g/mol. The van der Waals surface area contributed by atoms with E-state index in [4.69, 9.17) is 23.2 Å². The van der Waals surface area contributed by atoms with Crippen LogP contribution in [0.15, 0.2) is 12.2 Å². The van der Waals surface area contributed by atoms with Crippen LogP contribution in [0, 0.1) is 0 Å². The van der Waals surface area contributed by atoms with E-state index in [-0.39, 0.29) is 4.84 Å². The number of halogens is 2. The number of allylic oxidation sites excluding steroid dienone is 2. The van der Waals surface area contributed by atoms with Gasteiger partial charge in [-0.1, -0.05) is 19.1 Å². The van der Waals surface area contributed by atoms with Crippen molar-refractivity contribution < 1.29 is 0 Å². The molecule has 0 saturated heterocycles.